The van der Waals surface area contributed by atoms with Crippen molar-refractivity contribution in [1.29, 1.82) is 1.28 Å². The van der Waals surface area contributed by atoms with E-state index in [1.54, 1.807) is 171 Å². The summed E-state index contributed by atoms with van der Waals surface area (Å²) in [6, 6.07) is 29.9. The van der Waals surface area contributed by atoms with E-state index in [0.717, 1.165) is 67.6 Å². The van der Waals surface area contributed by atoms with Crippen molar-refractivity contribution in [2.24, 2.45) is 23.7 Å². The molecule has 4 saturated heterocycles. The molecule has 0 bridgehead atoms. The molecule has 4 aliphatic carbocycles. The van der Waals surface area contributed by atoms with E-state index in [9.17, 15) is 70.6 Å². The minimum absolute atomic E-state index is 0. The second-order valence-corrected chi connectivity index (χ2v) is 40.7. The number of amides is 7. The largest absolute Gasteiger partial charge is 1.00 e. The van der Waals surface area contributed by atoms with Crippen LogP contribution in [0.25, 0.3) is 0 Å². The summed E-state index contributed by atoms with van der Waals surface area (Å²) in [5, 5.41) is 32.6. The molecule has 0 radical (unpaired) electrons. The predicted octanol–water partition coefficient (Wildman–Crippen LogP) is 15.8. The Labute approximate surface area is 909 Å². The monoisotopic (exact) mass is 2300 g/mol. The summed E-state index contributed by atoms with van der Waals surface area (Å²) >= 11 is 9.19. The molecule has 7 heterocycles. The normalized spacial score (nSPS) is 20.0. The smallest absolute Gasteiger partial charge is 0.662 e. The molecule has 32 nitrogen and oxygen atoms in total. The number of anilines is 4. The van der Waals surface area contributed by atoms with Gasteiger partial charge in [0.2, 0.25) is 29.2 Å². The number of methoxy groups -OCH3 is 4. The van der Waals surface area contributed by atoms with Crippen molar-refractivity contribution in [2.45, 2.75) is 279 Å². The zero-order chi connectivity index (χ0) is 107. The maximum absolute atomic E-state index is 14.9. The third-order valence-corrected chi connectivity index (χ3v) is 26.1. The SMILES string of the molecule is BrBr.CO[C@@H]1C[C@H](C(=O)Nc2cc(C(Br)CCC3CC3)ccc2F)N(C(=O)OC(C)(C)C)C1.CO[C@@H]1C[C@H](C(=O)Nc2cc(C(CCC3CC3)n3ccccc3=O)ccc2F)N(C(=O)OC(C)(C)C)C1.CO[C@@H]1C[C@H](C(=O)Nc2cc(C(O)CCC3CC3)ccc2F)N(C(=O)OC(C)(C)C)C1.CO[C@H]1CN[C@@H](C(=O)Nc2cc(C(CCC3CC3)n3ccccc3=O)ccc2F)C1.Cl.O=CO[O-].O=c1cccc[nH]1.[3H]PP.[Na+]. The number of nitrogens with one attached hydrogen (secondary N) is 6. The summed E-state index contributed by atoms with van der Waals surface area (Å²) in [4.78, 5) is 143. The first-order chi connectivity index (χ1) is 69.0. The number of carbonyl (C=O) groups is 8. The molecule has 4 aliphatic heterocycles. The molecular formula is C103H140Br3ClF4N11NaO21P2. The fourth-order valence-corrected chi connectivity index (χ4v) is 17.3. The molecule has 7 N–H and O–H groups in total. The summed E-state index contributed by atoms with van der Waals surface area (Å²) in [7, 11) is 8.72. The van der Waals surface area contributed by atoms with Crippen LogP contribution in [0.15, 0.2) is 160 Å². The molecule has 4 saturated carbocycles. The van der Waals surface area contributed by atoms with Crippen LogP contribution in [0.2, 0.25) is 0 Å². The third-order valence-electron chi connectivity index (χ3n) is 25.1. The maximum atomic E-state index is 14.9. The van der Waals surface area contributed by atoms with Gasteiger partial charge in [-0.05, 0) is 233 Å². The van der Waals surface area contributed by atoms with E-state index in [1.165, 1.54) is 135 Å². The van der Waals surface area contributed by atoms with Crippen molar-refractivity contribution >= 4 is 146 Å². The zero-order valence-electron chi connectivity index (χ0n) is 86.1. The van der Waals surface area contributed by atoms with E-state index in [-0.39, 0.29) is 176 Å². The number of pyridine rings is 3. The van der Waals surface area contributed by atoms with Crippen LogP contribution in [0, 0.1) is 46.9 Å². The summed E-state index contributed by atoms with van der Waals surface area (Å²) in [6.45, 7) is 16.9. The molecule has 14 atom stereocenters. The number of aliphatic hydroxyl groups excluding tert-OH is 1. The summed E-state index contributed by atoms with van der Waals surface area (Å²) in [5.74, 6) is -1.09. The molecule has 6 unspecified atom stereocenters. The Morgan fingerprint density at radius 1 is 0.486 bits per heavy atom. The fraction of sp³-hybridized carbons (Fsp3) is 0.544. The predicted molar refractivity (Wildman–Crippen MR) is 565 cm³/mol. The number of benzene rings is 4. The van der Waals surface area contributed by atoms with Crippen LogP contribution in [-0.4, -0.2) is 204 Å². The van der Waals surface area contributed by atoms with Crippen molar-refractivity contribution in [2.75, 3.05) is 75.9 Å². The first-order valence-electron chi connectivity index (χ1n) is 48.8. The van der Waals surface area contributed by atoms with Gasteiger partial charge in [-0.1, -0.05) is 110 Å². The number of alkyl halides is 1. The fourth-order valence-electron chi connectivity index (χ4n) is 16.8. The number of H-pyrrole nitrogens is 1. The van der Waals surface area contributed by atoms with E-state index in [4.69, 9.17) is 44.5 Å². The minimum Gasteiger partial charge on any atom is -0.662 e. The molecule has 3 aromatic heterocycles. The second-order valence-electron chi connectivity index (χ2n) is 39.6. The number of aromatic nitrogens is 3. The van der Waals surface area contributed by atoms with Crippen molar-refractivity contribution < 1.29 is 134 Å². The molecule has 8 aliphatic rings. The summed E-state index contributed by atoms with van der Waals surface area (Å²) < 4.78 is 106. The van der Waals surface area contributed by atoms with Crippen LogP contribution < -0.4 is 78.1 Å². The first-order valence-corrected chi connectivity index (χ1v) is 55.2. The van der Waals surface area contributed by atoms with Gasteiger partial charge in [0.1, 0.15) is 58.2 Å². The van der Waals surface area contributed by atoms with Gasteiger partial charge in [0.15, 0.2) is 0 Å². The number of hydrogen-bond donors (Lipinski definition) is 7. The number of aromatic amines is 1. The van der Waals surface area contributed by atoms with Crippen molar-refractivity contribution in [3.63, 3.8) is 0 Å². The van der Waals surface area contributed by atoms with Crippen molar-refractivity contribution in [3.8, 4) is 0 Å². The van der Waals surface area contributed by atoms with Crippen LogP contribution in [-0.2, 0) is 62.0 Å². The number of likely N-dealkylation sites (tertiary alicyclic amines) is 3. The molecule has 8 fully saturated rings. The number of rotatable bonds is 31. The molecular weight excluding hydrogens is 2160 g/mol. The number of aliphatic hydroxyl groups is 1. The standard InChI is InChI=1S/C28H36FN3O5.C23H32BrFN2O4.C23H28FN3O3.C23H33FN2O5.C5H5NO.CH2O3.Br2.ClH.Na.H4P2/c1-28(2,3)37-27(35)32-17-20(36-4)16-24(32)26(34)30-22-15-19(11-12-21(22)29)23(13-10-18-8-9-18)31-14-6-5-7-25(31)33;1-23(2,3)31-22(29)27-13-16(30-4)12-20(27)21(28)26-19-11-15(8-10-18(19)25)17(24)9-7-14-5-6-14;1-30-17-13-20(25-14-17)23(29)26-19-12-16(8-9-18(19)24)21(10-7-15-5-6-15)27-11-3-2-4-22(27)28;1-23(2,3)31-22(29)26-13-16(30-4)12-19(26)21(28)25-18-11-15(8-9-17(18)24)20(27)10-7-14-5-6-14;7-5-3-1-2-4-6-5;2-1-4-3;1-2;;;1-2/h5-7,11-12,14-15,18,20,23-24H,8-10,13,16-17H2,1-4H3,(H,30,34);8,10-11,14,16-17,20H,5-7,9,12-13H2,1-4H3,(H,26,28);2-4,8-9,11-12,15,17,20-21,25H,5-7,10,13-14H2,1H3,(H,26,29);8-9,11,14,16,19-20,27H,5-7,10,12-13H2,1-4H3,(H,25,28);1-4H,(H,6,7);1,3H;;1H;;1-2H2/q;;;;;;;;+1;/p-1/t20-,23?,24-;16-,17?,20-;17-,20-,21?;16-,19-,20?;;;;;;/m1111....../s1/i;;;;;;;;;1T. The number of nitrogens with zero attached hydrogens (tertiary/aromatic N) is 5. The van der Waals surface area contributed by atoms with Crippen LogP contribution in [0.5, 0.6) is 0 Å². The van der Waals surface area contributed by atoms with E-state index in [2.05, 4.69) is 89.6 Å². The van der Waals surface area contributed by atoms with Gasteiger partial charge in [-0.25, -0.2) is 31.9 Å². The zero-order valence-corrected chi connectivity index (χ0v) is 94.9. The topological polar surface area (TPSA) is 400 Å². The van der Waals surface area contributed by atoms with Crippen LogP contribution in [0.3, 0.4) is 0 Å². The number of hydrogen-bond acceptors (Lipinski definition) is 22. The van der Waals surface area contributed by atoms with Crippen molar-refractivity contribution in [3.05, 3.63) is 223 Å². The van der Waals surface area contributed by atoms with Crippen LogP contribution >= 0.6 is 74.4 Å². The van der Waals surface area contributed by atoms with Gasteiger partial charge in [-0.3, -0.25) is 53.1 Å². The molecule has 15 rings (SSSR count). The van der Waals surface area contributed by atoms with Gasteiger partial charge in [0.05, 0.1) is 92.3 Å². The van der Waals surface area contributed by atoms with Crippen molar-refractivity contribution in [1.82, 2.24) is 34.1 Å². The summed E-state index contributed by atoms with van der Waals surface area (Å²) in [6.07, 6.45) is 20.1. The molecule has 7 aromatic rings. The number of halogens is 8. The number of ether oxygens (including phenoxy) is 7. The molecule has 800 valence electrons. The Morgan fingerprint density at radius 3 is 1.10 bits per heavy atom. The molecule has 0 spiro atoms. The van der Waals surface area contributed by atoms with Gasteiger partial charge in [-0.15, -0.1) is 30.2 Å². The quantitative estimate of drug-likeness (QED) is 0.00310. The van der Waals surface area contributed by atoms with E-state index in [0.29, 0.717) is 49.1 Å². The molecule has 43 heteroatoms. The number of carbonyl (C=O) groups excluding carboxylic acids is 8. The molecule has 146 heavy (non-hydrogen) atoms. The molecule has 7 amide bonds. The third kappa shape index (κ3) is 41.9. The van der Waals surface area contributed by atoms with E-state index in [1.807, 2.05) is 6.07 Å². The summed E-state index contributed by atoms with van der Waals surface area (Å²) in [5.41, 5.74) is 0.870. The van der Waals surface area contributed by atoms with Gasteiger partial charge < -0.3 is 89.1 Å². The van der Waals surface area contributed by atoms with E-state index >= 15 is 0 Å². The van der Waals surface area contributed by atoms with Gasteiger partial charge >= 0.3 is 47.8 Å². The Balaban J connectivity index is 0.000000284. The average Bonchev–Trinajstić information content (AvgIpc) is 1.18. The van der Waals surface area contributed by atoms with Gasteiger partial charge in [0.25, 0.3) is 17.6 Å². The maximum Gasteiger partial charge on any atom is 1.00 e. The average molecular weight is 2310 g/mol. The minimum atomic E-state index is -0.870. The second kappa shape index (κ2) is 62.0. The Kier molecular flexibility index (Phi) is 53.0. The molecule has 4 aromatic carbocycles. The Hall–Kier alpha value is -8.08. The van der Waals surface area contributed by atoms with Gasteiger partial charge in [-0.2, -0.15) is 0 Å². The van der Waals surface area contributed by atoms with Crippen LogP contribution in [0.1, 0.15) is 236 Å². The van der Waals surface area contributed by atoms with Crippen LogP contribution in [0.4, 0.5) is 54.7 Å². The van der Waals surface area contributed by atoms with E-state index < -0.39 is 106 Å². The van der Waals surface area contributed by atoms with Gasteiger partial charge in [0, 0.05) is 124 Å². The Bertz CT molecular complexity index is 5400. The Morgan fingerprint density at radius 2 is 0.801 bits per heavy atom. The first kappa shape index (κ1) is 125.